The van der Waals surface area contributed by atoms with Crippen molar-refractivity contribution in [1.29, 1.82) is 0 Å². The number of morpholine rings is 1. The summed E-state index contributed by atoms with van der Waals surface area (Å²) in [5.41, 5.74) is 2.68. The molecule has 2 aromatic rings. The largest absolute Gasteiger partial charge is 0.379 e. The predicted octanol–water partition coefficient (Wildman–Crippen LogP) is 8.73. The van der Waals surface area contributed by atoms with E-state index in [1.165, 1.54) is 18.6 Å². The van der Waals surface area contributed by atoms with Gasteiger partial charge in [0.2, 0.25) is 0 Å². The number of nitrogens with zero attached hydrogens (tertiary/aromatic N) is 2. The molecule has 3 rings (SSSR count). The Morgan fingerprint density at radius 3 is 2.29 bits per heavy atom. The fourth-order valence-corrected chi connectivity index (χ4v) is 5.24. The van der Waals surface area contributed by atoms with Crippen LogP contribution >= 0.6 is 0 Å². The van der Waals surface area contributed by atoms with Gasteiger partial charge < -0.3 is 9.64 Å². The molecule has 0 spiro atoms. The lowest BCUT2D eigenvalue weighted by atomic mass is 9.92. The number of carbonyl (C=O) groups is 1. The number of benzene rings is 2. The monoisotopic (exact) mass is 568 g/mol. The number of allylic oxidation sites excluding steroid dienone is 2. The zero-order valence-corrected chi connectivity index (χ0v) is 25.6. The fourth-order valence-electron chi connectivity index (χ4n) is 5.24. The molecule has 1 atom stereocenters. The van der Waals surface area contributed by atoms with Gasteiger partial charge in [-0.3, -0.25) is 9.69 Å². The molecule has 0 N–H and O–H groups in total. The number of rotatable bonds is 15. The van der Waals surface area contributed by atoms with Crippen LogP contribution in [0.15, 0.2) is 73.1 Å². The third-order valence-corrected chi connectivity index (χ3v) is 7.34. The molecule has 6 heteroatoms. The molecule has 0 amide bonds. The number of halogens is 2. The van der Waals surface area contributed by atoms with E-state index in [1.807, 2.05) is 42.2 Å². The summed E-state index contributed by atoms with van der Waals surface area (Å²) in [6.07, 6.45) is 10.1. The van der Waals surface area contributed by atoms with Crippen LogP contribution in [0.2, 0.25) is 0 Å². The van der Waals surface area contributed by atoms with Crippen LogP contribution in [0.4, 0.5) is 8.78 Å². The van der Waals surface area contributed by atoms with Crippen molar-refractivity contribution >= 4 is 5.78 Å². The highest BCUT2D eigenvalue weighted by atomic mass is 19.1. The van der Waals surface area contributed by atoms with Gasteiger partial charge in [-0.1, -0.05) is 95.5 Å². The van der Waals surface area contributed by atoms with Crippen molar-refractivity contribution < 1.29 is 18.3 Å². The minimum Gasteiger partial charge on any atom is -0.379 e. The summed E-state index contributed by atoms with van der Waals surface area (Å²) in [6.45, 7) is 16.1. The molecule has 1 saturated heterocycles. The Morgan fingerprint density at radius 1 is 1.02 bits per heavy atom. The molecule has 226 valence electrons. The standard InChI is InChI=1S/C21H22FNO.C14H28FNO/c1-4-8-21(16(3)24)23(5-2)15-18-9-6-7-10-20(18)17-11-13-19(22)14-12-17;1-3-5-6-8-14(15,7-4-2)13-16-9-11-17-12-10-16/h5-14H,2,4,15H2,1,3H3;3-13H2,1-2H3/b21-8-;. The van der Waals surface area contributed by atoms with E-state index in [-0.39, 0.29) is 11.6 Å². The maximum atomic E-state index is 14.8. The van der Waals surface area contributed by atoms with E-state index in [2.05, 4.69) is 25.3 Å². The summed E-state index contributed by atoms with van der Waals surface area (Å²) >= 11 is 0. The minimum absolute atomic E-state index is 0.0102. The van der Waals surface area contributed by atoms with Gasteiger partial charge in [-0.15, -0.1) is 0 Å². The van der Waals surface area contributed by atoms with Crippen LogP contribution in [0.5, 0.6) is 0 Å². The predicted molar refractivity (Wildman–Crippen MR) is 167 cm³/mol. The van der Waals surface area contributed by atoms with E-state index >= 15 is 0 Å². The quantitative estimate of drug-likeness (QED) is 0.159. The summed E-state index contributed by atoms with van der Waals surface area (Å²) in [7, 11) is 0. The van der Waals surface area contributed by atoms with E-state index in [0.29, 0.717) is 25.2 Å². The van der Waals surface area contributed by atoms with E-state index < -0.39 is 5.67 Å². The summed E-state index contributed by atoms with van der Waals surface area (Å²) in [4.78, 5) is 16.0. The minimum atomic E-state index is -0.971. The van der Waals surface area contributed by atoms with E-state index in [4.69, 9.17) is 4.74 Å². The van der Waals surface area contributed by atoms with Crippen LogP contribution in [-0.2, 0) is 16.1 Å². The zero-order chi connectivity index (χ0) is 30.1. The Balaban J connectivity index is 0.000000305. The highest BCUT2D eigenvalue weighted by molar-refractivity contribution is 5.92. The number of ketones is 1. The molecule has 0 saturated carbocycles. The van der Waals surface area contributed by atoms with Crippen LogP contribution in [0.3, 0.4) is 0 Å². The lowest BCUT2D eigenvalue weighted by Gasteiger charge is -2.34. The molecular formula is C35H50F2N2O2. The molecule has 0 radical (unpaired) electrons. The second-order valence-corrected chi connectivity index (χ2v) is 10.8. The lowest BCUT2D eigenvalue weighted by molar-refractivity contribution is -0.114. The highest BCUT2D eigenvalue weighted by Gasteiger charge is 2.31. The van der Waals surface area contributed by atoms with Gasteiger partial charge in [0.25, 0.3) is 0 Å². The van der Waals surface area contributed by atoms with E-state index in [9.17, 15) is 13.6 Å². The van der Waals surface area contributed by atoms with Crippen molar-refractivity contribution in [3.63, 3.8) is 0 Å². The molecule has 41 heavy (non-hydrogen) atoms. The molecule has 1 unspecified atom stereocenters. The second kappa shape index (κ2) is 18.6. The zero-order valence-electron chi connectivity index (χ0n) is 25.6. The normalized spacial score (nSPS) is 15.4. The summed E-state index contributed by atoms with van der Waals surface area (Å²) in [5.74, 6) is -0.246. The number of ether oxygens (including phenoxy) is 1. The first-order chi connectivity index (χ1) is 19.8. The lowest BCUT2D eigenvalue weighted by Crippen LogP contribution is -2.45. The smallest absolute Gasteiger partial charge is 0.175 e. The first-order valence-electron chi connectivity index (χ1n) is 15.2. The SMILES string of the molecule is C=CN(Cc1ccccc1-c1ccc(F)cc1)/C(=C\CC)C(C)=O.CCCCCC(F)(CCC)CN1CCOCC1. The van der Waals surface area contributed by atoms with Gasteiger partial charge >= 0.3 is 0 Å². The molecule has 4 nitrogen and oxygen atoms in total. The second-order valence-electron chi connectivity index (χ2n) is 10.8. The van der Waals surface area contributed by atoms with Crippen molar-refractivity contribution in [2.75, 3.05) is 32.8 Å². The Bertz CT molecular complexity index is 1080. The fraction of sp³-hybridized carbons (Fsp3) is 0.514. The van der Waals surface area contributed by atoms with Crippen molar-refractivity contribution in [2.45, 2.75) is 84.9 Å². The van der Waals surface area contributed by atoms with Gasteiger partial charge in [0.1, 0.15) is 11.5 Å². The molecule has 1 aliphatic heterocycles. The van der Waals surface area contributed by atoms with Crippen LogP contribution < -0.4 is 0 Å². The average Bonchev–Trinajstić information content (AvgIpc) is 2.96. The maximum absolute atomic E-state index is 14.8. The molecule has 0 aliphatic carbocycles. The van der Waals surface area contributed by atoms with Gasteiger partial charge in [0.05, 0.1) is 18.9 Å². The van der Waals surface area contributed by atoms with Crippen LogP contribution in [-0.4, -0.2) is 54.1 Å². The van der Waals surface area contributed by atoms with Crippen molar-refractivity contribution in [3.05, 3.63) is 84.5 Å². The van der Waals surface area contributed by atoms with Gasteiger partial charge in [-0.05, 0) is 54.3 Å². The van der Waals surface area contributed by atoms with Crippen LogP contribution in [0, 0.1) is 5.82 Å². The summed E-state index contributed by atoms with van der Waals surface area (Å²) in [6, 6.07) is 14.4. The molecular weight excluding hydrogens is 518 g/mol. The summed E-state index contributed by atoms with van der Waals surface area (Å²) in [5, 5.41) is 0. The number of hydrogen-bond donors (Lipinski definition) is 0. The molecule has 0 bridgehead atoms. The molecule has 1 fully saturated rings. The molecule has 2 aromatic carbocycles. The van der Waals surface area contributed by atoms with Crippen molar-refractivity contribution in [1.82, 2.24) is 9.80 Å². The number of Topliss-reactive ketones (excluding diaryl/α,β-unsaturated/α-hetero) is 1. The Hall–Kier alpha value is -2.83. The third-order valence-electron chi connectivity index (χ3n) is 7.34. The first-order valence-corrected chi connectivity index (χ1v) is 15.2. The number of alkyl halides is 1. The Labute approximate surface area is 247 Å². The van der Waals surface area contributed by atoms with E-state index in [0.717, 1.165) is 75.1 Å². The van der Waals surface area contributed by atoms with Crippen LogP contribution in [0.1, 0.15) is 78.2 Å². The molecule has 1 heterocycles. The number of hydrogen-bond acceptors (Lipinski definition) is 4. The van der Waals surface area contributed by atoms with Crippen molar-refractivity contribution in [3.8, 4) is 11.1 Å². The van der Waals surface area contributed by atoms with E-state index in [1.54, 1.807) is 25.3 Å². The Morgan fingerprint density at radius 2 is 1.71 bits per heavy atom. The number of unbranched alkanes of at least 4 members (excludes halogenated alkanes) is 2. The average molecular weight is 569 g/mol. The number of carbonyl (C=O) groups excluding carboxylic acids is 1. The van der Waals surface area contributed by atoms with Gasteiger partial charge in [0.15, 0.2) is 5.78 Å². The first kappa shape index (κ1) is 34.4. The molecule has 0 aromatic heterocycles. The van der Waals surface area contributed by atoms with Gasteiger partial charge in [-0.25, -0.2) is 8.78 Å². The van der Waals surface area contributed by atoms with Gasteiger partial charge in [-0.2, -0.15) is 0 Å². The van der Waals surface area contributed by atoms with Gasteiger partial charge in [0, 0.05) is 33.1 Å². The summed E-state index contributed by atoms with van der Waals surface area (Å²) < 4.78 is 33.3. The van der Waals surface area contributed by atoms with Crippen molar-refractivity contribution in [2.24, 2.45) is 0 Å². The topological polar surface area (TPSA) is 32.8 Å². The maximum Gasteiger partial charge on any atom is 0.175 e. The molecule has 1 aliphatic rings. The third kappa shape index (κ3) is 11.9. The highest BCUT2D eigenvalue weighted by Crippen LogP contribution is 2.28. The van der Waals surface area contributed by atoms with Crippen LogP contribution in [0.25, 0.3) is 11.1 Å². The Kier molecular flexibility index (Phi) is 15.6.